The number of benzene rings is 1. The van der Waals surface area contributed by atoms with E-state index in [1.54, 1.807) is 0 Å². The highest BCUT2D eigenvalue weighted by Gasteiger charge is 2.23. The van der Waals surface area contributed by atoms with Crippen molar-refractivity contribution in [3.05, 3.63) is 35.9 Å². The van der Waals surface area contributed by atoms with Crippen LogP contribution in [0.5, 0.6) is 0 Å². The van der Waals surface area contributed by atoms with Gasteiger partial charge in [0, 0.05) is 6.04 Å². The smallest absolute Gasteiger partial charge is 0.334 e. The molecule has 0 saturated heterocycles. The van der Waals surface area contributed by atoms with Gasteiger partial charge in [0.25, 0.3) is 0 Å². The second-order valence-corrected chi connectivity index (χ2v) is 3.25. The summed E-state index contributed by atoms with van der Waals surface area (Å²) in [7, 11) is 5.19. The number of carboxylic acid groups (broad SMARTS) is 1. The molecule has 78 valence electrons. The molecule has 0 fully saturated rings. The lowest BCUT2D eigenvalue weighted by molar-refractivity contribution is -0.147. The Morgan fingerprint density at radius 3 is 2.47 bits per heavy atom. The molecule has 0 saturated carbocycles. The summed E-state index contributed by atoms with van der Waals surface area (Å²) in [5, 5.41) is 20.2. The first-order valence-corrected chi connectivity index (χ1v) is 4.56. The van der Waals surface area contributed by atoms with Crippen LogP contribution in [0.1, 0.15) is 5.56 Å². The first-order chi connectivity index (χ1) is 7.15. The van der Waals surface area contributed by atoms with E-state index in [1.807, 2.05) is 30.3 Å². The molecule has 5 heteroatoms. The molecular formula is C10H12BNO3. The molecule has 1 aromatic carbocycles. The van der Waals surface area contributed by atoms with Gasteiger partial charge in [-0.1, -0.05) is 30.3 Å². The maximum absolute atomic E-state index is 10.5. The average Bonchev–Trinajstić information content (AvgIpc) is 2.26. The Hall–Kier alpha value is -1.33. The summed E-state index contributed by atoms with van der Waals surface area (Å²) in [5.74, 6) is -1.28. The highest BCUT2D eigenvalue weighted by atomic mass is 16.4. The van der Waals surface area contributed by atoms with Gasteiger partial charge < -0.3 is 15.4 Å². The zero-order valence-electron chi connectivity index (χ0n) is 8.13. The topological polar surface area (TPSA) is 69.6 Å². The first kappa shape index (κ1) is 11.7. The largest absolute Gasteiger partial charge is 0.479 e. The van der Waals surface area contributed by atoms with Crippen LogP contribution in [0, 0.1) is 0 Å². The van der Waals surface area contributed by atoms with Crippen LogP contribution in [0.25, 0.3) is 0 Å². The number of carboxylic acids is 1. The van der Waals surface area contributed by atoms with Gasteiger partial charge in [-0.2, -0.15) is 0 Å². The maximum Gasteiger partial charge on any atom is 0.334 e. The van der Waals surface area contributed by atoms with Gasteiger partial charge in [0.15, 0.2) is 14.1 Å². The van der Waals surface area contributed by atoms with Crippen LogP contribution < -0.4 is 5.23 Å². The minimum Gasteiger partial charge on any atom is -0.479 e. The third kappa shape index (κ3) is 3.38. The maximum atomic E-state index is 10.5. The lowest BCUT2D eigenvalue weighted by Crippen LogP contribution is -2.44. The van der Waals surface area contributed by atoms with Crippen molar-refractivity contribution < 1.29 is 15.0 Å². The van der Waals surface area contributed by atoms with E-state index in [2.05, 4.69) is 5.23 Å². The number of hydrogen-bond acceptors (Lipinski definition) is 3. The zero-order valence-corrected chi connectivity index (χ0v) is 8.13. The molecule has 15 heavy (non-hydrogen) atoms. The van der Waals surface area contributed by atoms with Crippen LogP contribution in [0.3, 0.4) is 0 Å². The van der Waals surface area contributed by atoms with Gasteiger partial charge in [-0.05, 0) is 12.0 Å². The summed E-state index contributed by atoms with van der Waals surface area (Å²) in [6.45, 7) is 0. The molecule has 0 heterocycles. The minimum atomic E-state index is -1.50. The van der Waals surface area contributed by atoms with E-state index >= 15 is 0 Å². The van der Waals surface area contributed by atoms with Crippen molar-refractivity contribution in [1.29, 1.82) is 0 Å². The molecule has 2 atom stereocenters. The minimum absolute atomic E-state index is 0.366. The molecule has 0 aliphatic heterocycles. The number of rotatable bonds is 5. The average molecular weight is 205 g/mol. The molecule has 0 aromatic heterocycles. The van der Waals surface area contributed by atoms with Crippen LogP contribution in [-0.2, 0) is 11.2 Å². The van der Waals surface area contributed by atoms with Crippen LogP contribution in [0.2, 0.25) is 0 Å². The van der Waals surface area contributed by atoms with Gasteiger partial charge in [0.1, 0.15) is 0 Å². The van der Waals surface area contributed by atoms with Crippen LogP contribution in [0.4, 0.5) is 0 Å². The number of carbonyl (C=O) groups is 1. The van der Waals surface area contributed by atoms with E-state index < -0.39 is 18.1 Å². The van der Waals surface area contributed by atoms with Gasteiger partial charge in [0.2, 0.25) is 0 Å². The molecule has 1 aromatic rings. The Kier molecular flexibility index (Phi) is 4.33. The predicted molar refractivity (Wildman–Crippen MR) is 56.5 cm³/mol. The van der Waals surface area contributed by atoms with Gasteiger partial charge in [-0.3, -0.25) is 0 Å². The molecule has 1 rings (SSSR count). The summed E-state index contributed by atoms with van der Waals surface area (Å²) in [6, 6.07) is 8.55. The van der Waals surface area contributed by atoms with Crippen LogP contribution >= 0.6 is 0 Å². The number of hydrogen-bond donors (Lipinski definition) is 3. The van der Waals surface area contributed by atoms with E-state index in [9.17, 15) is 9.90 Å². The SMILES string of the molecule is [B]N[C@@H](Cc1ccccc1)[C@H](O)C(=O)O. The van der Waals surface area contributed by atoms with Crippen molar-refractivity contribution in [2.45, 2.75) is 18.6 Å². The Morgan fingerprint density at radius 2 is 2.00 bits per heavy atom. The van der Waals surface area contributed by atoms with Crippen molar-refractivity contribution >= 4 is 14.0 Å². The number of aliphatic carboxylic acids is 1. The molecule has 4 nitrogen and oxygen atoms in total. The van der Waals surface area contributed by atoms with Crippen molar-refractivity contribution in [2.24, 2.45) is 0 Å². The van der Waals surface area contributed by atoms with Crippen molar-refractivity contribution in [3.63, 3.8) is 0 Å². The monoisotopic (exact) mass is 205 g/mol. The number of aliphatic hydroxyl groups excluding tert-OH is 1. The van der Waals surface area contributed by atoms with Crippen LogP contribution in [0.15, 0.2) is 30.3 Å². The quantitative estimate of drug-likeness (QED) is 0.578. The zero-order chi connectivity index (χ0) is 11.3. The van der Waals surface area contributed by atoms with Crippen molar-refractivity contribution in [2.75, 3.05) is 0 Å². The lowest BCUT2D eigenvalue weighted by atomic mass is 10.00. The molecule has 0 unspecified atom stereocenters. The molecule has 0 spiro atoms. The summed E-state index contributed by atoms with van der Waals surface area (Å²) in [6.07, 6.45) is -1.14. The highest BCUT2D eigenvalue weighted by molar-refractivity contribution is 6.04. The summed E-state index contributed by atoms with van der Waals surface area (Å²) >= 11 is 0. The molecule has 3 N–H and O–H groups in total. The van der Waals surface area contributed by atoms with Crippen molar-refractivity contribution in [3.8, 4) is 0 Å². The fraction of sp³-hybridized carbons (Fsp3) is 0.300. The fourth-order valence-corrected chi connectivity index (χ4v) is 1.30. The highest BCUT2D eigenvalue weighted by Crippen LogP contribution is 2.06. The molecule has 0 bridgehead atoms. The molecular weight excluding hydrogens is 193 g/mol. The summed E-state index contributed by atoms with van der Waals surface area (Å²) in [4.78, 5) is 10.5. The summed E-state index contributed by atoms with van der Waals surface area (Å²) in [5.41, 5.74) is 0.917. The van der Waals surface area contributed by atoms with Crippen LogP contribution in [-0.4, -0.2) is 36.3 Å². The number of nitrogens with one attached hydrogen (secondary N) is 1. The second kappa shape index (κ2) is 5.53. The summed E-state index contributed by atoms with van der Waals surface area (Å²) < 4.78 is 0. The van der Waals surface area contributed by atoms with E-state index in [-0.39, 0.29) is 0 Å². The van der Waals surface area contributed by atoms with E-state index in [0.717, 1.165) is 5.56 Å². The van der Waals surface area contributed by atoms with Gasteiger partial charge >= 0.3 is 5.97 Å². The molecule has 0 amide bonds. The van der Waals surface area contributed by atoms with E-state index in [1.165, 1.54) is 0 Å². The third-order valence-electron chi connectivity index (χ3n) is 2.15. The lowest BCUT2D eigenvalue weighted by Gasteiger charge is -2.19. The van der Waals surface area contributed by atoms with Gasteiger partial charge in [-0.25, -0.2) is 4.79 Å². The van der Waals surface area contributed by atoms with Gasteiger partial charge in [0.05, 0.1) is 0 Å². The first-order valence-electron chi connectivity index (χ1n) is 4.56. The van der Waals surface area contributed by atoms with E-state index in [0.29, 0.717) is 6.42 Å². The Balaban J connectivity index is 2.66. The van der Waals surface area contributed by atoms with E-state index in [4.69, 9.17) is 13.1 Å². The second-order valence-electron chi connectivity index (χ2n) is 3.25. The van der Waals surface area contributed by atoms with Crippen molar-refractivity contribution in [1.82, 2.24) is 5.23 Å². The Bertz CT molecular complexity index is 318. The normalized spacial score (nSPS) is 14.5. The predicted octanol–water partition coefficient (Wildman–Crippen LogP) is -0.284. The standard InChI is InChI=1S/C10H12BNO3/c11-12-8(9(13)10(14)15)6-7-4-2-1-3-5-7/h1-5,8-9,12-13H,6H2,(H,14,15)/t8-,9-/m0/s1. The van der Waals surface area contributed by atoms with Gasteiger partial charge in [-0.15, -0.1) is 0 Å². The molecule has 0 aliphatic rings. The third-order valence-corrected chi connectivity index (χ3v) is 2.15. The fourth-order valence-electron chi connectivity index (χ4n) is 1.30. The Morgan fingerprint density at radius 1 is 1.40 bits per heavy atom. The molecule has 2 radical (unpaired) electrons. The number of aliphatic hydroxyl groups is 1. The molecule has 0 aliphatic carbocycles. The Labute approximate surface area is 89.4 Å².